The number of carbonyl (C=O) groups is 3. The summed E-state index contributed by atoms with van der Waals surface area (Å²) in [6.07, 6.45) is 0. The van der Waals surface area contributed by atoms with Gasteiger partial charge in [0, 0.05) is 5.56 Å². The van der Waals surface area contributed by atoms with Crippen molar-refractivity contribution >= 4 is 17.7 Å². The van der Waals surface area contributed by atoms with Crippen LogP contribution in [0.4, 0.5) is 0 Å². The highest BCUT2D eigenvalue weighted by Crippen LogP contribution is 2.29. The molecule has 0 bridgehead atoms. The summed E-state index contributed by atoms with van der Waals surface area (Å²) in [4.78, 5) is 38.1. The molecule has 0 unspecified atom stereocenters. The van der Waals surface area contributed by atoms with Crippen molar-refractivity contribution in [2.75, 3.05) is 20.8 Å². The first kappa shape index (κ1) is 18.4. The summed E-state index contributed by atoms with van der Waals surface area (Å²) in [7, 11) is 3.09. The lowest BCUT2D eigenvalue weighted by Gasteiger charge is -2.20. The predicted molar refractivity (Wildman–Crippen MR) is 97.9 cm³/mol. The van der Waals surface area contributed by atoms with Gasteiger partial charge in [-0.1, -0.05) is 12.1 Å². The predicted octanol–water partition coefficient (Wildman–Crippen LogP) is 2.18. The van der Waals surface area contributed by atoms with Crippen LogP contribution in [0.2, 0.25) is 0 Å². The third kappa shape index (κ3) is 3.48. The van der Waals surface area contributed by atoms with E-state index in [0.717, 1.165) is 10.5 Å². The number of rotatable bonds is 6. The lowest BCUT2D eigenvalue weighted by molar-refractivity contribution is -0.122. The van der Waals surface area contributed by atoms with Gasteiger partial charge in [-0.3, -0.25) is 19.3 Å². The Morgan fingerprint density at radius 3 is 2.22 bits per heavy atom. The van der Waals surface area contributed by atoms with Crippen LogP contribution in [0, 0.1) is 0 Å². The number of amides is 3. The fourth-order valence-electron chi connectivity index (χ4n) is 3.07. The summed E-state index contributed by atoms with van der Waals surface area (Å²) in [6.45, 7) is 1.44. The zero-order valence-corrected chi connectivity index (χ0v) is 15.3. The summed E-state index contributed by atoms with van der Waals surface area (Å²) in [5, 5.41) is 2.80. The molecule has 0 saturated heterocycles. The number of nitrogens with one attached hydrogen (secondary N) is 1. The molecule has 3 rings (SSSR count). The lowest BCUT2D eigenvalue weighted by Crippen LogP contribution is -2.41. The maximum atomic E-state index is 12.4. The molecular formula is C20H20N2O5. The molecule has 0 aliphatic carbocycles. The number of fused-ring (bicyclic) bond motifs is 1. The van der Waals surface area contributed by atoms with Crippen LogP contribution in [0.1, 0.15) is 39.2 Å². The van der Waals surface area contributed by atoms with E-state index in [2.05, 4.69) is 5.32 Å². The standard InChI is InChI=1S/C20H20N2O5/c1-12(16-10-13(26-2)8-9-17(16)27-3)21-18(23)11-22-19(24)14-6-4-5-7-15(14)20(22)25/h4-10,12H,11H2,1-3H3,(H,21,23)/t12-/m0/s1. The molecule has 0 fully saturated rings. The third-order valence-electron chi connectivity index (χ3n) is 4.46. The van der Waals surface area contributed by atoms with Gasteiger partial charge in [-0.05, 0) is 37.3 Å². The SMILES string of the molecule is COc1ccc(OC)c([C@H](C)NC(=O)CN2C(=O)c3ccccc3C2=O)c1. The zero-order chi connectivity index (χ0) is 19.6. The third-order valence-corrected chi connectivity index (χ3v) is 4.46. The molecule has 0 saturated carbocycles. The second-order valence-corrected chi connectivity index (χ2v) is 6.14. The molecule has 27 heavy (non-hydrogen) atoms. The van der Waals surface area contributed by atoms with Crippen LogP contribution in [-0.4, -0.2) is 43.4 Å². The highest BCUT2D eigenvalue weighted by atomic mass is 16.5. The van der Waals surface area contributed by atoms with Crippen molar-refractivity contribution in [3.05, 3.63) is 59.2 Å². The summed E-state index contributed by atoms with van der Waals surface area (Å²) < 4.78 is 10.5. The minimum atomic E-state index is -0.461. The van der Waals surface area contributed by atoms with Crippen molar-refractivity contribution in [2.24, 2.45) is 0 Å². The number of nitrogens with zero attached hydrogens (tertiary/aromatic N) is 1. The van der Waals surface area contributed by atoms with Gasteiger partial charge < -0.3 is 14.8 Å². The summed E-state index contributed by atoms with van der Waals surface area (Å²) in [6, 6.07) is 11.4. The average molecular weight is 368 g/mol. The van der Waals surface area contributed by atoms with Crippen molar-refractivity contribution < 1.29 is 23.9 Å². The molecule has 7 nitrogen and oxygen atoms in total. The zero-order valence-electron chi connectivity index (χ0n) is 15.3. The molecule has 1 heterocycles. The number of hydrogen-bond donors (Lipinski definition) is 1. The fourth-order valence-corrected chi connectivity index (χ4v) is 3.07. The van der Waals surface area contributed by atoms with E-state index in [1.165, 1.54) is 0 Å². The number of ether oxygens (including phenoxy) is 2. The number of carbonyl (C=O) groups excluding carboxylic acids is 3. The van der Waals surface area contributed by atoms with Gasteiger partial charge in [0.2, 0.25) is 5.91 Å². The van der Waals surface area contributed by atoms with Gasteiger partial charge in [-0.2, -0.15) is 0 Å². The van der Waals surface area contributed by atoms with Crippen LogP contribution in [-0.2, 0) is 4.79 Å². The molecular weight excluding hydrogens is 348 g/mol. The molecule has 3 amide bonds. The molecule has 7 heteroatoms. The van der Waals surface area contributed by atoms with E-state index in [9.17, 15) is 14.4 Å². The molecule has 1 atom stereocenters. The summed E-state index contributed by atoms with van der Waals surface area (Å²) in [5.74, 6) is -0.131. The Labute approximate surface area is 156 Å². The van der Waals surface area contributed by atoms with Crippen LogP contribution in [0.5, 0.6) is 11.5 Å². The molecule has 2 aromatic carbocycles. The number of benzene rings is 2. The average Bonchev–Trinajstić information content (AvgIpc) is 2.92. The Balaban J connectivity index is 1.72. The van der Waals surface area contributed by atoms with Crippen LogP contribution < -0.4 is 14.8 Å². The van der Waals surface area contributed by atoms with E-state index in [4.69, 9.17) is 9.47 Å². The molecule has 2 aromatic rings. The van der Waals surface area contributed by atoms with Crippen molar-refractivity contribution in [3.8, 4) is 11.5 Å². The second-order valence-electron chi connectivity index (χ2n) is 6.14. The van der Waals surface area contributed by atoms with Crippen LogP contribution in [0.25, 0.3) is 0 Å². The van der Waals surface area contributed by atoms with Crippen molar-refractivity contribution in [2.45, 2.75) is 13.0 Å². The van der Waals surface area contributed by atoms with Gasteiger partial charge in [-0.15, -0.1) is 0 Å². The smallest absolute Gasteiger partial charge is 0.262 e. The fraction of sp³-hybridized carbons (Fsp3) is 0.250. The van der Waals surface area contributed by atoms with E-state index in [-0.39, 0.29) is 6.54 Å². The first-order valence-corrected chi connectivity index (χ1v) is 8.42. The Kier molecular flexibility index (Phi) is 5.12. The van der Waals surface area contributed by atoms with E-state index in [0.29, 0.717) is 22.6 Å². The largest absolute Gasteiger partial charge is 0.497 e. The molecule has 0 radical (unpaired) electrons. The molecule has 1 aliphatic heterocycles. The topological polar surface area (TPSA) is 84.9 Å². The Hall–Kier alpha value is -3.35. The Morgan fingerprint density at radius 2 is 1.67 bits per heavy atom. The van der Waals surface area contributed by atoms with Gasteiger partial charge in [-0.25, -0.2) is 0 Å². The van der Waals surface area contributed by atoms with E-state index in [1.807, 2.05) is 0 Å². The highest BCUT2D eigenvalue weighted by Gasteiger charge is 2.36. The number of imide groups is 1. The first-order valence-electron chi connectivity index (χ1n) is 8.42. The first-order chi connectivity index (χ1) is 13.0. The summed E-state index contributed by atoms with van der Waals surface area (Å²) in [5.41, 5.74) is 1.36. The van der Waals surface area contributed by atoms with Gasteiger partial charge in [0.25, 0.3) is 11.8 Å². The Morgan fingerprint density at radius 1 is 1.04 bits per heavy atom. The van der Waals surface area contributed by atoms with Gasteiger partial charge >= 0.3 is 0 Å². The quantitative estimate of drug-likeness (QED) is 0.790. The van der Waals surface area contributed by atoms with Gasteiger partial charge in [0.15, 0.2) is 0 Å². The number of methoxy groups -OCH3 is 2. The van der Waals surface area contributed by atoms with Gasteiger partial charge in [0.05, 0.1) is 31.4 Å². The van der Waals surface area contributed by atoms with E-state index >= 15 is 0 Å². The van der Waals surface area contributed by atoms with Gasteiger partial charge in [0.1, 0.15) is 18.0 Å². The van der Waals surface area contributed by atoms with Crippen molar-refractivity contribution in [1.29, 1.82) is 0 Å². The molecule has 0 aromatic heterocycles. The maximum Gasteiger partial charge on any atom is 0.262 e. The molecule has 1 N–H and O–H groups in total. The minimum absolute atomic E-state index is 0.317. The molecule has 140 valence electrons. The maximum absolute atomic E-state index is 12.4. The molecule has 0 spiro atoms. The van der Waals surface area contributed by atoms with Crippen LogP contribution >= 0.6 is 0 Å². The minimum Gasteiger partial charge on any atom is -0.497 e. The van der Waals surface area contributed by atoms with E-state index in [1.54, 1.807) is 63.6 Å². The molecule has 1 aliphatic rings. The number of hydrogen-bond acceptors (Lipinski definition) is 5. The highest BCUT2D eigenvalue weighted by molar-refractivity contribution is 6.22. The monoisotopic (exact) mass is 368 g/mol. The van der Waals surface area contributed by atoms with Crippen LogP contribution in [0.15, 0.2) is 42.5 Å². The van der Waals surface area contributed by atoms with Crippen molar-refractivity contribution in [1.82, 2.24) is 10.2 Å². The lowest BCUT2D eigenvalue weighted by atomic mass is 10.1. The Bertz CT molecular complexity index is 874. The van der Waals surface area contributed by atoms with Crippen LogP contribution in [0.3, 0.4) is 0 Å². The summed E-state index contributed by atoms with van der Waals surface area (Å²) >= 11 is 0. The normalized spacial score (nSPS) is 14.0. The van der Waals surface area contributed by atoms with Crippen molar-refractivity contribution in [3.63, 3.8) is 0 Å². The van der Waals surface area contributed by atoms with E-state index < -0.39 is 23.8 Å². The second kappa shape index (κ2) is 7.49.